The molecule has 0 aliphatic heterocycles. The molecular weight excluding hydrogens is 318 g/mol. The average molecular weight is 333 g/mol. The second-order valence-corrected chi connectivity index (χ2v) is 6.59. The molecular formula is C15H15N3O4S. The van der Waals surface area contributed by atoms with E-state index >= 15 is 0 Å². The molecule has 0 bridgehead atoms. The Hall–Kier alpha value is -2.29. The lowest BCUT2D eigenvalue weighted by Crippen LogP contribution is -2.20. The van der Waals surface area contributed by atoms with Crippen LogP contribution in [0, 0.1) is 0 Å². The van der Waals surface area contributed by atoms with Gasteiger partial charge in [0.1, 0.15) is 0 Å². The topological polar surface area (TPSA) is 104 Å². The van der Waals surface area contributed by atoms with Crippen LogP contribution in [0.2, 0.25) is 0 Å². The maximum atomic E-state index is 11.2. The minimum atomic E-state index is -4.27. The number of likely N-dealkylation sites (N-methyl/N-ethyl adjacent to an activating group) is 1. The van der Waals surface area contributed by atoms with E-state index in [9.17, 15) is 8.42 Å². The van der Waals surface area contributed by atoms with Crippen LogP contribution in [0.25, 0.3) is 22.1 Å². The number of rotatable bonds is 4. The highest BCUT2D eigenvalue weighted by Crippen LogP contribution is 2.23. The predicted molar refractivity (Wildman–Crippen MR) is 87.2 cm³/mol. The zero-order valence-corrected chi connectivity index (χ0v) is 13.2. The van der Waals surface area contributed by atoms with Crippen LogP contribution in [-0.2, 0) is 10.1 Å². The van der Waals surface area contributed by atoms with Crippen molar-refractivity contribution in [2.45, 2.75) is 4.90 Å². The summed E-state index contributed by atoms with van der Waals surface area (Å²) in [6, 6.07) is 9.59. The number of fused-ring (bicyclic) bond motifs is 2. The van der Waals surface area contributed by atoms with Gasteiger partial charge in [-0.05, 0) is 36.4 Å². The largest absolute Gasteiger partial charge is 0.395 e. The standard InChI is InChI=1S/C15H15N3O4S/c1-18(6-7-19)10-2-4-12-14(8-10)16-13-5-3-11(23(20,21)22)9-15(13)17-12/h2-5,8-9,19H,6-7H2,1H3,(H,20,21,22). The first-order valence-corrected chi connectivity index (χ1v) is 8.33. The second-order valence-electron chi connectivity index (χ2n) is 5.17. The molecule has 8 heteroatoms. The van der Waals surface area contributed by atoms with E-state index in [0.29, 0.717) is 28.6 Å². The third kappa shape index (κ3) is 3.09. The van der Waals surface area contributed by atoms with Crippen LogP contribution in [0.5, 0.6) is 0 Å². The number of benzene rings is 2. The molecule has 1 aromatic heterocycles. The first kappa shape index (κ1) is 15.6. The molecule has 2 aromatic carbocycles. The molecule has 0 atom stereocenters. The smallest absolute Gasteiger partial charge is 0.294 e. The Morgan fingerprint density at radius 1 is 1.00 bits per heavy atom. The van der Waals surface area contributed by atoms with Crippen molar-refractivity contribution in [1.82, 2.24) is 9.97 Å². The van der Waals surface area contributed by atoms with E-state index in [-0.39, 0.29) is 11.5 Å². The SMILES string of the molecule is CN(CCO)c1ccc2nc3cc(S(=O)(=O)O)ccc3nc2c1. The Morgan fingerprint density at radius 3 is 2.22 bits per heavy atom. The number of nitrogens with zero attached hydrogens (tertiary/aromatic N) is 3. The van der Waals surface area contributed by atoms with E-state index < -0.39 is 10.1 Å². The van der Waals surface area contributed by atoms with E-state index in [0.717, 1.165) is 5.69 Å². The molecule has 0 saturated carbocycles. The summed E-state index contributed by atoms with van der Waals surface area (Å²) in [4.78, 5) is 10.6. The van der Waals surface area contributed by atoms with Crippen LogP contribution >= 0.6 is 0 Å². The maximum Gasteiger partial charge on any atom is 0.294 e. The quantitative estimate of drug-likeness (QED) is 0.550. The van der Waals surface area contributed by atoms with E-state index in [4.69, 9.17) is 9.66 Å². The van der Waals surface area contributed by atoms with Crippen LogP contribution in [0.3, 0.4) is 0 Å². The molecule has 0 fully saturated rings. The molecule has 0 amide bonds. The van der Waals surface area contributed by atoms with Gasteiger partial charge in [0.2, 0.25) is 0 Å². The summed E-state index contributed by atoms with van der Waals surface area (Å²) >= 11 is 0. The molecule has 0 spiro atoms. The molecule has 0 saturated heterocycles. The molecule has 2 N–H and O–H groups in total. The summed E-state index contributed by atoms with van der Waals surface area (Å²) in [7, 11) is -2.40. The lowest BCUT2D eigenvalue weighted by Gasteiger charge is -2.18. The Morgan fingerprint density at radius 2 is 1.61 bits per heavy atom. The lowest BCUT2D eigenvalue weighted by molar-refractivity contribution is 0.304. The summed E-state index contributed by atoms with van der Waals surface area (Å²) in [6.45, 7) is 0.556. The summed E-state index contributed by atoms with van der Waals surface area (Å²) in [5.74, 6) is 0. The minimum absolute atomic E-state index is 0.0519. The van der Waals surface area contributed by atoms with Crippen molar-refractivity contribution >= 4 is 37.9 Å². The third-order valence-corrected chi connectivity index (χ3v) is 4.41. The fourth-order valence-electron chi connectivity index (χ4n) is 2.32. The van der Waals surface area contributed by atoms with Gasteiger partial charge in [0.05, 0.1) is 33.6 Å². The van der Waals surface area contributed by atoms with Crippen molar-refractivity contribution in [3.05, 3.63) is 36.4 Å². The van der Waals surface area contributed by atoms with Crippen molar-refractivity contribution in [2.24, 2.45) is 0 Å². The highest BCUT2D eigenvalue weighted by Gasteiger charge is 2.12. The molecule has 120 valence electrons. The Bertz CT molecular complexity index is 989. The van der Waals surface area contributed by atoms with Gasteiger partial charge < -0.3 is 10.0 Å². The number of aliphatic hydroxyl groups is 1. The van der Waals surface area contributed by atoms with Gasteiger partial charge in [-0.3, -0.25) is 4.55 Å². The van der Waals surface area contributed by atoms with Gasteiger partial charge in [0.25, 0.3) is 10.1 Å². The molecule has 0 unspecified atom stereocenters. The summed E-state index contributed by atoms with van der Waals surface area (Å²) in [5.41, 5.74) is 3.11. The van der Waals surface area contributed by atoms with Crippen LogP contribution in [-0.4, -0.2) is 48.2 Å². The highest BCUT2D eigenvalue weighted by atomic mass is 32.2. The van der Waals surface area contributed by atoms with E-state index in [2.05, 4.69) is 9.97 Å². The highest BCUT2D eigenvalue weighted by molar-refractivity contribution is 7.85. The Balaban J connectivity index is 2.14. The second kappa shape index (κ2) is 5.73. The van der Waals surface area contributed by atoms with Gasteiger partial charge >= 0.3 is 0 Å². The Labute approximate surface area is 133 Å². The van der Waals surface area contributed by atoms with E-state index in [1.165, 1.54) is 18.2 Å². The molecule has 7 nitrogen and oxygen atoms in total. The Kier molecular flexibility index (Phi) is 3.88. The molecule has 23 heavy (non-hydrogen) atoms. The van der Waals surface area contributed by atoms with Crippen molar-refractivity contribution < 1.29 is 18.1 Å². The summed E-state index contributed by atoms with van der Waals surface area (Å²) in [6.07, 6.45) is 0. The van der Waals surface area contributed by atoms with Gasteiger partial charge in [0, 0.05) is 19.3 Å². The minimum Gasteiger partial charge on any atom is -0.395 e. The van der Waals surface area contributed by atoms with Crippen molar-refractivity contribution in [2.75, 3.05) is 25.1 Å². The van der Waals surface area contributed by atoms with E-state index in [1.807, 2.05) is 24.1 Å². The summed E-state index contributed by atoms with van der Waals surface area (Å²) < 4.78 is 31.5. The third-order valence-electron chi connectivity index (χ3n) is 3.56. The molecule has 0 radical (unpaired) electrons. The van der Waals surface area contributed by atoms with Crippen molar-refractivity contribution in [1.29, 1.82) is 0 Å². The number of hydrogen-bond donors (Lipinski definition) is 2. The molecule has 3 aromatic rings. The number of hydrogen-bond acceptors (Lipinski definition) is 6. The maximum absolute atomic E-state index is 11.2. The predicted octanol–water partition coefficient (Wildman–Crippen LogP) is 1.46. The zero-order valence-electron chi connectivity index (χ0n) is 12.3. The fraction of sp³-hybridized carbons (Fsp3) is 0.200. The van der Waals surface area contributed by atoms with Crippen LogP contribution in [0.4, 0.5) is 5.69 Å². The fourth-order valence-corrected chi connectivity index (χ4v) is 2.82. The zero-order chi connectivity index (χ0) is 16.6. The molecule has 0 aliphatic rings. The normalized spacial score (nSPS) is 12.0. The molecule has 3 rings (SSSR count). The first-order valence-electron chi connectivity index (χ1n) is 6.89. The number of anilines is 1. The van der Waals surface area contributed by atoms with Gasteiger partial charge in [-0.1, -0.05) is 0 Å². The van der Waals surface area contributed by atoms with Gasteiger partial charge in [-0.25, -0.2) is 9.97 Å². The van der Waals surface area contributed by atoms with Gasteiger partial charge in [-0.15, -0.1) is 0 Å². The molecule has 1 heterocycles. The average Bonchev–Trinajstić information content (AvgIpc) is 2.51. The molecule has 0 aliphatic carbocycles. The van der Waals surface area contributed by atoms with Crippen molar-refractivity contribution in [3.8, 4) is 0 Å². The van der Waals surface area contributed by atoms with Gasteiger partial charge in [0.15, 0.2) is 0 Å². The number of aromatic nitrogens is 2. The van der Waals surface area contributed by atoms with E-state index in [1.54, 1.807) is 6.07 Å². The van der Waals surface area contributed by atoms with Gasteiger partial charge in [-0.2, -0.15) is 8.42 Å². The number of aliphatic hydroxyl groups excluding tert-OH is 1. The van der Waals surface area contributed by atoms with Crippen LogP contribution in [0.1, 0.15) is 0 Å². The van der Waals surface area contributed by atoms with Crippen LogP contribution < -0.4 is 4.90 Å². The van der Waals surface area contributed by atoms with Crippen molar-refractivity contribution in [3.63, 3.8) is 0 Å². The first-order chi connectivity index (χ1) is 10.9. The lowest BCUT2D eigenvalue weighted by atomic mass is 10.2. The van der Waals surface area contributed by atoms with Crippen LogP contribution in [0.15, 0.2) is 41.3 Å². The summed E-state index contributed by atoms with van der Waals surface area (Å²) in [5, 5.41) is 9.01. The monoisotopic (exact) mass is 333 g/mol.